The highest BCUT2D eigenvalue weighted by Crippen LogP contribution is 2.32. The summed E-state index contributed by atoms with van der Waals surface area (Å²) in [6, 6.07) is 8.12. The van der Waals surface area contributed by atoms with Gasteiger partial charge in [0.2, 0.25) is 0 Å². The Kier molecular flexibility index (Phi) is 4.12. The Morgan fingerprint density at radius 1 is 1.32 bits per heavy atom. The molecule has 0 saturated carbocycles. The molecular weight excluding hydrogens is 238 g/mol. The summed E-state index contributed by atoms with van der Waals surface area (Å²) in [5, 5.41) is 0. The van der Waals surface area contributed by atoms with Crippen molar-refractivity contribution < 1.29 is 4.74 Å². The number of methoxy groups -OCH3 is 1. The average molecular weight is 259 g/mol. The molecule has 0 amide bonds. The summed E-state index contributed by atoms with van der Waals surface area (Å²) < 4.78 is 7.18. The lowest BCUT2D eigenvalue weighted by molar-refractivity contribution is 0.206. The maximum atomic E-state index is 5.92. The van der Waals surface area contributed by atoms with Crippen molar-refractivity contribution in [3.8, 4) is 11.1 Å². The first kappa shape index (κ1) is 13.5. The van der Waals surface area contributed by atoms with Gasteiger partial charge in [-0.05, 0) is 24.3 Å². The summed E-state index contributed by atoms with van der Waals surface area (Å²) in [6.07, 6.45) is 4.14. The van der Waals surface area contributed by atoms with Crippen LogP contribution < -0.4 is 10.6 Å². The maximum Gasteiger partial charge on any atom is 0.0637 e. The minimum absolute atomic E-state index is 0.703. The molecule has 0 unspecified atom stereocenters. The second-order valence-corrected chi connectivity index (χ2v) is 4.76. The summed E-state index contributed by atoms with van der Waals surface area (Å²) >= 11 is 0. The molecule has 4 heteroatoms. The zero-order valence-corrected chi connectivity index (χ0v) is 11.8. The molecule has 0 fully saturated rings. The highest BCUT2D eigenvalue weighted by molar-refractivity contribution is 5.81. The number of hydrogen-bond donors (Lipinski definition) is 1. The number of aromatic nitrogens is 1. The van der Waals surface area contributed by atoms with Crippen molar-refractivity contribution in [3.05, 3.63) is 36.7 Å². The summed E-state index contributed by atoms with van der Waals surface area (Å²) in [5.74, 6) is 0. The van der Waals surface area contributed by atoms with Gasteiger partial charge in [0, 0.05) is 62.6 Å². The molecule has 0 spiro atoms. The number of benzene rings is 1. The van der Waals surface area contributed by atoms with Crippen molar-refractivity contribution in [3.63, 3.8) is 0 Å². The van der Waals surface area contributed by atoms with Crippen molar-refractivity contribution in [2.24, 2.45) is 7.05 Å². The fraction of sp³-hybridized carbons (Fsp3) is 0.333. The molecule has 2 N–H and O–H groups in total. The molecule has 0 radical (unpaired) electrons. The summed E-state index contributed by atoms with van der Waals surface area (Å²) in [7, 11) is 5.80. The van der Waals surface area contributed by atoms with Gasteiger partial charge in [-0.2, -0.15) is 0 Å². The number of ether oxygens (including phenoxy) is 1. The van der Waals surface area contributed by atoms with Crippen molar-refractivity contribution in [1.29, 1.82) is 0 Å². The number of nitrogens with two attached hydrogens (primary N) is 1. The van der Waals surface area contributed by atoms with Crippen LogP contribution in [0.4, 0.5) is 11.4 Å². The first-order valence-corrected chi connectivity index (χ1v) is 6.33. The molecule has 1 aromatic heterocycles. The van der Waals surface area contributed by atoms with E-state index in [4.69, 9.17) is 10.5 Å². The lowest BCUT2D eigenvalue weighted by Gasteiger charge is -2.22. The smallest absolute Gasteiger partial charge is 0.0637 e. The molecule has 0 bridgehead atoms. The van der Waals surface area contributed by atoms with E-state index in [2.05, 4.69) is 30.3 Å². The average Bonchev–Trinajstić information content (AvgIpc) is 2.82. The second kappa shape index (κ2) is 5.80. The Balaban J connectivity index is 2.38. The third kappa shape index (κ3) is 3.09. The molecular formula is C15H21N3O. The van der Waals surface area contributed by atoms with Gasteiger partial charge in [0.05, 0.1) is 6.61 Å². The van der Waals surface area contributed by atoms with Crippen LogP contribution in [0.15, 0.2) is 36.7 Å². The second-order valence-electron chi connectivity index (χ2n) is 4.76. The van der Waals surface area contributed by atoms with Crippen LogP contribution in [0, 0.1) is 0 Å². The maximum absolute atomic E-state index is 5.92. The quantitative estimate of drug-likeness (QED) is 0.838. The predicted molar refractivity (Wildman–Crippen MR) is 80.4 cm³/mol. The van der Waals surface area contributed by atoms with E-state index in [1.165, 1.54) is 5.56 Å². The van der Waals surface area contributed by atoms with E-state index in [1.807, 2.05) is 29.9 Å². The summed E-state index contributed by atoms with van der Waals surface area (Å²) in [6.45, 7) is 1.55. The van der Waals surface area contributed by atoms with Crippen LogP contribution in [0.25, 0.3) is 11.1 Å². The Morgan fingerprint density at radius 3 is 2.74 bits per heavy atom. The van der Waals surface area contributed by atoms with Gasteiger partial charge in [-0.1, -0.05) is 0 Å². The topological polar surface area (TPSA) is 43.4 Å². The third-order valence-corrected chi connectivity index (χ3v) is 3.21. The minimum Gasteiger partial charge on any atom is -0.399 e. The number of aryl methyl sites for hydroxylation is 1. The van der Waals surface area contributed by atoms with Crippen molar-refractivity contribution in [2.45, 2.75) is 0 Å². The summed E-state index contributed by atoms with van der Waals surface area (Å²) in [4.78, 5) is 2.19. The number of anilines is 2. The standard InChI is InChI=1S/C15H21N3O/c1-17-7-6-12(11-17)14-10-13(16)4-5-15(14)18(2)8-9-19-3/h4-7,10-11H,8-9,16H2,1-3H3. The predicted octanol–water partition coefficient (Wildman–Crippen LogP) is 2.36. The van der Waals surface area contributed by atoms with Crippen LogP contribution in [0.3, 0.4) is 0 Å². The van der Waals surface area contributed by atoms with E-state index in [0.29, 0.717) is 6.61 Å². The Hall–Kier alpha value is -1.94. The SMILES string of the molecule is COCCN(C)c1ccc(N)cc1-c1ccn(C)c1. The van der Waals surface area contributed by atoms with E-state index < -0.39 is 0 Å². The van der Waals surface area contributed by atoms with Gasteiger partial charge < -0.3 is 19.9 Å². The van der Waals surface area contributed by atoms with Gasteiger partial charge >= 0.3 is 0 Å². The molecule has 0 aliphatic carbocycles. The van der Waals surface area contributed by atoms with Gasteiger partial charge in [-0.15, -0.1) is 0 Å². The molecule has 1 aromatic carbocycles. The van der Waals surface area contributed by atoms with Crippen LogP contribution in [-0.2, 0) is 11.8 Å². The van der Waals surface area contributed by atoms with Gasteiger partial charge in [-0.25, -0.2) is 0 Å². The van der Waals surface area contributed by atoms with E-state index in [0.717, 1.165) is 23.5 Å². The Morgan fingerprint density at radius 2 is 2.11 bits per heavy atom. The van der Waals surface area contributed by atoms with Crippen molar-refractivity contribution in [2.75, 3.05) is 37.9 Å². The molecule has 2 rings (SSSR count). The Bertz CT molecular complexity index is 548. The van der Waals surface area contributed by atoms with E-state index in [-0.39, 0.29) is 0 Å². The van der Waals surface area contributed by atoms with E-state index in [1.54, 1.807) is 7.11 Å². The monoisotopic (exact) mass is 259 g/mol. The fourth-order valence-corrected chi connectivity index (χ4v) is 2.13. The van der Waals surface area contributed by atoms with E-state index >= 15 is 0 Å². The lowest BCUT2D eigenvalue weighted by Crippen LogP contribution is -2.22. The molecule has 102 valence electrons. The number of rotatable bonds is 5. The highest BCUT2D eigenvalue weighted by Gasteiger charge is 2.10. The van der Waals surface area contributed by atoms with Crippen LogP contribution >= 0.6 is 0 Å². The normalized spacial score (nSPS) is 10.7. The molecule has 0 atom stereocenters. The van der Waals surface area contributed by atoms with Crippen LogP contribution in [0.2, 0.25) is 0 Å². The molecule has 0 saturated heterocycles. The van der Waals surface area contributed by atoms with Crippen LogP contribution in [0.1, 0.15) is 0 Å². The molecule has 2 aromatic rings. The van der Waals surface area contributed by atoms with Gasteiger partial charge in [-0.3, -0.25) is 0 Å². The molecule has 4 nitrogen and oxygen atoms in total. The molecule has 0 aliphatic rings. The zero-order chi connectivity index (χ0) is 13.8. The van der Waals surface area contributed by atoms with Crippen LogP contribution in [0.5, 0.6) is 0 Å². The van der Waals surface area contributed by atoms with Crippen molar-refractivity contribution >= 4 is 11.4 Å². The number of likely N-dealkylation sites (N-methyl/N-ethyl adjacent to an activating group) is 1. The molecule has 1 heterocycles. The lowest BCUT2D eigenvalue weighted by atomic mass is 10.1. The van der Waals surface area contributed by atoms with Crippen molar-refractivity contribution in [1.82, 2.24) is 4.57 Å². The third-order valence-electron chi connectivity index (χ3n) is 3.21. The van der Waals surface area contributed by atoms with Gasteiger partial charge in [0.1, 0.15) is 0 Å². The number of nitrogens with zero attached hydrogens (tertiary/aromatic N) is 2. The first-order chi connectivity index (χ1) is 9.11. The van der Waals surface area contributed by atoms with Gasteiger partial charge in [0.25, 0.3) is 0 Å². The number of hydrogen-bond acceptors (Lipinski definition) is 3. The Labute approximate surface area is 114 Å². The first-order valence-electron chi connectivity index (χ1n) is 6.33. The largest absolute Gasteiger partial charge is 0.399 e. The summed E-state index contributed by atoms with van der Waals surface area (Å²) in [5.41, 5.74) is 10.2. The molecule has 19 heavy (non-hydrogen) atoms. The van der Waals surface area contributed by atoms with Gasteiger partial charge in [0.15, 0.2) is 0 Å². The minimum atomic E-state index is 0.703. The highest BCUT2D eigenvalue weighted by atomic mass is 16.5. The molecule has 0 aliphatic heterocycles. The van der Waals surface area contributed by atoms with Crippen LogP contribution in [-0.4, -0.2) is 31.9 Å². The fourth-order valence-electron chi connectivity index (χ4n) is 2.13. The van der Waals surface area contributed by atoms with E-state index in [9.17, 15) is 0 Å². The number of nitrogen functional groups attached to an aromatic ring is 1. The zero-order valence-electron chi connectivity index (χ0n) is 11.8.